The molecule has 1 unspecified atom stereocenters. The standard InChI is InChI=1S/C30H36F2N4O3/c1-19(28-18-33-13-14-34-28)15-22-7-10-24(36-29(37)21-8-11-25(38-3)12-9-21)17-27(22)20(2)35-23-5-4-6-26(16-23)39-30(31)32/h4-7,10,13,15-17,21,25,28,30,34-35H,2,8-9,11-12,14,18H2,1,3H3,(H,36,37)/b19-15+. The average molecular weight is 539 g/mol. The molecule has 0 bridgehead atoms. The molecule has 0 spiro atoms. The van der Waals surface area contributed by atoms with Gasteiger partial charge in [0, 0.05) is 60.5 Å². The summed E-state index contributed by atoms with van der Waals surface area (Å²) in [7, 11) is 1.71. The van der Waals surface area contributed by atoms with E-state index in [2.05, 4.69) is 45.3 Å². The molecule has 208 valence electrons. The van der Waals surface area contributed by atoms with Crippen molar-refractivity contribution in [3.05, 3.63) is 65.7 Å². The van der Waals surface area contributed by atoms with Crippen LogP contribution in [-0.2, 0) is 9.53 Å². The van der Waals surface area contributed by atoms with Gasteiger partial charge in [0.25, 0.3) is 0 Å². The summed E-state index contributed by atoms with van der Waals surface area (Å²) in [4.78, 5) is 17.4. The number of benzene rings is 2. The largest absolute Gasteiger partial charge is 0.435 e. The van der Waals surface area contributed by atoms with Crippen LogP contribution in [0.25, 0.3) is 11.8 Å². The van der Waals surface area contributed by atoms with Crippen LogP contribution in [0.1, 0.15) is 43.7 Å². The molecule has 1 atom stereocenters. The highest BCUT2D eigenvalue weighted by atomic mass is 19.3. The number of rotatable bonds is 10. The topological polar surface area (TPSA) is 84.0 Å². The molecule has 3 N–H and O–H groups in total. The number of methoxy groups -OCH3 is 1. The van der Waals surface area contributed by atoms with E-state index in [1.165, 1.54) is 12.1 Å². The van der Waals surface area contributed by atoms with Gasteiger partial charge in [-0.2, -0.15) is 8.78 Å². The summed E-state index contributed by atoms with van der Waals surface area (Å²) in [6, 6.07) is 12.2. The van der Waals surface area contributed by atoms with Gasteiger partial charge in [-0.1, -0.05) is 30.4 Å². The summed E-state index contributed by atoms with van der Waals surface area (Å²) in [6.07, 6.45) is 7.49. The zero-order valence-electron chi connectivity index (χ0n) is 22.4. The first-order valence-corrected chi connectivity index (χ1v) is 13.2. The van der Waals surface area contributed by atoms with Crippen LogP contribution in [0, 0.1) is 5.92 Å². The lowest BCUT2D eigenvalue weighted by Crippen LogP contribution is -2.37. The van der Waals surface area contributed by atoms with Crippen molar-refractivity contribution >= 4 is 35.3 Å². The van der Waals surface area contributed by atoms with Crippen LogP contribution in [0.15, 0.2) is 59.6 Å². The maximum Gasteiger partial charge on any atom is 0.387 e. The van der Waals surface area contributed by atoms with Crippen molar-refractivity contribution in [1.82, 2.24) is 5.32 Å². The Labute approximate surface area is 228 Å². The maximum absolute atomic E-state index is 13.0. The van der Waals surface area contributed by atoms with E-state index in [9.17, 15) is 13.6 Å². The molecule has 39 heavy (non-hydrogen) atoms. The summed E-state index contributed by atoms with van der Waals surface area (Å²) in [5, 5.41) is 9.71. The molecule has 9 heteroatoms. The molecule has 0 aromatic heterocycles. The van der Waals surface area contributed by atoms with Crippen LogP contribution in [0.5, 0.6) is 5.75 Å². The van der Waals surface area contributed by atoms with Crippen LogP contribution in [0.2, 0.25) is 0 Å². The van der Waals surface area contributed by atoms with Gasteiger partial charge in [0.05, 0.1) is 12.6 Å². The monoisotopic (exact) mass is 538 g/mol. The van der Waals surface area contributed by atoms with E-state index >= 15 is 0 Å². The highest BCUT2D eigenvalue weighted by Gasteiger charge is 2.26. The molecular formula is C30H36F2N4O3. The van der Waals surface area contributed by atoms with Crippen molar-refractivity contribution in [2.24, 2.45) is 10.9 Å². The second kappa shape index (κ2) is 13.5. The number of nitrogens with zero attached hydrogens (tertiary/aromatic N) is 1. The lowest BCUT2D eigenvalue weighted by molar-refractivity contribution is -0.121. The minimum atomic E-state index is -2.91. The Balaban J connectivity index is 1.57. The van der Waals surface area contributed by atoms with E-state index in [1.807, 2.05) is 24.4 Å². The van der Waals surface area contributed by atoms with Gasteiger partial charge >= 0.3 is 6.61 Å². The highest BCUT2D eigenvalue weighted by Crippen LogP contribution is 2.30. The van der Waals surface area contributed by atoms with E-state index in [0.29, 0.717) is 30.2 Å². The quantitative estimate of drug-likeness (QED) is 0.348. The number of nitrogens with one attached hydrogen (secondary N) is 3. The number of hydrogen-bond donors (Lipinski definition) is 3. The van der Waals surface area contributed by atoms with Crippen molar-refractivity contribution in [1.29, 1.82) is 0 Å². The predicted molar refractivity (Wildman–Crippen MR) is 152 cm³/mol. The molecule has 1 heterocycles. The molecule has 7 nitrogen and oxygen atoms in total. The molecule has 4 rings (SSSR count). The first-order chi connectivity index (χ1) is 18.8. The van der Waals surface area contributed by atoms with Gasteiger partial charge in [0.15, 0.2) is 0 Å². The molecule has 2 aromatic rings. The normalized spacial score (nSPS) is 21.5. The molecular weight excluding hydrogens is 502 g/mol. The van der Waals surface area contributed by atoms with Crippen LogP contribution in [0.4, 0.5) is 20.2 Å². The Kier molecular flexibility index (Phi) is 9.84. The molecule has 1 fully saturated rings. The maximum atomic E-state index is 13.0. The lowest BCUT2D eigenvalue weighted by Gasteiger charge is -2.27. The fourth-order valence-electron chi connectivity index (χ4n) is 4.97. The van der Waals surface area contributed by atoms with Crippen molar-refractivity contribution in [2.45, 2.75) is 51.4 Å². The number of halogens is 2. The summed E-state index contributed by atoms with van der Waals surface area (Å²) < 4.78 is 35.4. The Bertz CT molecular complexity index is 1220. The zero-order valence-corrected chi connectivity index (χ0v) is 22.4. The van der Waals surface area contributed by atoms with Gasteiger partial charge in [-0.15, -0.1) is 0 Å². The molecule has 1 aliphatic carbocycles. The van der Waals surface area contributed by atoms with Crippen molar-refractivity contribution in [3.63, 3.8) is 0 Å². The summed E-state index contributed by atoms with van der Waals surface area (Å²) in [6.45, 7) is 4.74. The van der Waals surface area contributed by atoms with Gasteiger partial charge in [-0.05, 0) is 62.4 Å². The van der Waals surface area contributed by atoms with Gasteiger partial charge in [0.1, 0.15) is 5.75 Å². The van der Waals surface area contributed by atoms with Crippen LogP contribution in [0.3, 0.4) is 0 Å². The number of ether oxygens (including phenoxy) is 2. The fraction of sp³-hybridized carbons (Fsp3) is 0.400. The SMILES string of the molecule is C=C(Nc1cccc(OC(F)F)c1)c1cc(NC(=O)C2CCC(OC)CC2)ccc1/C=C(\C)C1CN=CCN1. The molecule has 0 saturated heterocycles. The minimum Gasteiger partial charge on any atom is -0.435 e. The second-order valence-corrected chi connectivity index (χ2v) is 9.91. The third-order valence-electron chi connectivity index (χ3n) is 7.18. The Hall–Kier alpha value is -3.56. The van der Waals surface area contributed by atoms with E-state index in [4.69, 9.17) is 4.74 Å². The van der Waals surface area contributed by atoms with Gasteiger partial charge in [-0.25, -0.2) is 0 Å². The molecule has 2 aliphatic rings. The summed E-state index contributed by atoms with van der Waals surface area (Å²) in [5.41, 5.74) is 4.55. The number of carbonyl (C=O) groups excluding carboxylic acids is 1. The van der Waals surface area contributed by atoms with Crippen LogP contribution < -0.4 is 20.7 Å². The smallest absolute Gasteiger partial charge is 0.387 e. The van der Waals surface area contributed by atoms with Crippen molar-refractivity contribution in [2.75, 3.05) is 30.8 Å². The highest BCUT2D eigenvalue weighted by molar-refractivity contribution is 5.94. The van der Waals surface area contributed by atoms with Gasteiger partial charge in [0.2, 0.25) is 5.91 Å². The zero-order chi connectivity index (χ0) is 27.8. The molecule has 1 saturated carbocycles. The Morgan fingerprint density at radius 3 is 2.59 bits per heavy atom. The number of hydrogen-bond acceptors (Lipinski definition) is 6. The summed E-state index contributed by atoms with van der Waals surface area (Å²) >= 11 is 0. The first-order valence-electron chi connectivity index (χ1n) is 13.2. The van der Waals surface area contributed by atoms with Crippen LogP contribution >= 0.6 is 0 Å². The average Bonchev–Trinajstić information content (AvgIpc) is 2.94. The molecule has 1 aliphatic heterocycles. The van der Waals surface area contributed by atoms with Gasteiger partial charge < -0.3 is 25.4 Å². The van der Waals surface area contributed by atoms with E-state index in [-0.39, 0.29) is 29.7 Å². The minimum absolute atomic E-state index is 0.00494. The number of anilines is 2. The second-order valence-electron chi connectivity index (χ2n) is 9.91. The van der Waals surface area contributed by atoms with E-state index in [0.717, 1.165) is 42.4 Å². The van der Waals surface area contributed by atoms with Gasteiger partial charge in [-0.3, -0.25) is 9.79 Å². The lowest BCUT2D eigenvalue weighted by atomic mass is 9.86. The van der Waals surface area contributed by atoms with E-state index < -0.39 is 6.61 Å². The molecule has 0 radical (unpaired) electrons. The van der Waals surface area contributed by atoms with Crippen molar-refractivity contribution in [3.8, 4) is 5.75 Å². The number of amides is 1. The van der Waals surface area contributed by atoms with Crippen molar-refractivity contribution < 1.29 is 23.0 Å². The number of carbonyl (C=O) groups is 1. The predicted octanol–water partition coefficient (Wildman–Crippen LogP) is 5.96. The van der Waals surface area contributed by atoms with Crippen LogP contribution in [-0.4, -0.2) is 51.1 Å². The molecule has 1 amide bonds. The number of aliphatic imine (C=N–C) groups is 1. The third kappa shape index (κ3) is 7.97. The fourth-order valence-corrected chi connectivity index (χ4v) is 4.97. The Morgan fingerprint density at radius 1 is 1.13 bits per heavy atom. The van der Waals surface area contributed by atoms with E-state index in [1.54, 1.807) is 19.2 Å². The first kappa shape index (κ1) is 28.4. The number of alkyl halides is 2. The summed E-state index contributed by atoms with van der Waals surface area (Å²) in [5.74, 6) is -0.0138. The molecule has 2 aromatic carbocycles. The third-order valence-corrected chi connectivity index (χ3v) is 7.18. The Morgan fingerprint density at radius 2 is 1.90 bits per heavy atom.